The lowest BCUT2D eigenvalue weighted by Gasteiger charge is -2.13. The smallest absolute Gasteiger partial charge is 0.123 e. The van der Waals surface area contributed by atoms with E-state index in [1.165, 1.54) is 12.1 Å². The van der Waals surface area contributed by atoms with Gasteiger partial charge in [-0.15, -0.1) is 24.8 Å². The van der Waals surface area contributed by atoms with Gasteiger partial charge >= 0.3 is 0 Å². The monoisotopic (exact) mass is 330 g/mol. The molecule has 0 saturated carbocycles. The van der Waals surface area contributed by atoms with Crippen LogP contribution in [0.1, 0.15) is 17.2 Å². The molecule has 1 atom stereocenters. The average Bonchev–Trinajstić information content (AvgIpc) is 2.46. The van der Waals surface area contributed by atoms with Crippen LogP contribution in [0.3, 0.4) is 0 Å². The maximum absolute atomic E-state index is 12.7. The lowest BCUT2D eigenvalue weighted by molar-refractivity contribution is 0.597. The van der Waals surface area contributed by atoms with Gasteiger partial charge < -0.3 is 11.1 Å². The normalized spacial score (nSPS) is 11.1. The Morgan fingerprint density at radius 2 is 1.57 bits per heavy atom. The molecule has 5 heteroatoms. The molecule has 0 saturated heterocycles. The van der Waals surface area contributed by atoms with E-state index >= 15 is 0 Å². The van der Waals surface area contributed by atoms with Gasteiger partial charge in [0.15, 0.2) is 0 Å². The molecule has 1 unspecified atom stereocenters. The standard InChI is InChI=1S/C16H19FN2.2ClH/c17-15-8-6-13(7-9-15)10-11-19-12-16(18)14-4-2-1-3-5-14;;/h1-9,16,19H,10-12,18H2;2*1H. The summed E-state index contributed by atoms with van der Waals surface area (Å²) in [5, 5.41) is 3.33. The molecule has 0 aliphatic carbocycles. The summed E-state index contributed by atoms with van der Waals surface area (Å²) in [5.74, 6) is -0.192. The lowest BCUT2D eigenvalue weighted by Crippen LogP contribution is -2.28. The Hall–Kier alpha value is -1.13. The number of halogens is 3. The quantitative estimate of drug-likeness (QED) is 0.795. The molecule has 0 spiro atoms. The maximum atomic E-state index is 12.7. The fourth-order valence-corrected chi connectivity index (χ4v) is 1.96. The third-order valence-electron chi connectivity index (χ3n) is 3.10. The summed E-state index contributed by atoms with van der Waals surface area (Å²) in [4.78, 5) is 0. The van der Waals surface area contributed by atoms with Crippen molar-refractivity contribution in [1.82, 2.24) is 5.32 Å². The van der Waals surface area contributed by atoms with E-state index in [4.69, 9.17) is 5.73 Å². The van der Waals surface area contributed by atoms with E-state index < -0.39 is 0 Å². The maximum Gasteiger partial charge on any atom is 0.123 e. The topological polar surface area (TPSA) is 38.0 Å². The van der Waals surface area contributed by atoms with Crippen molar-refractivity contribution >= 4 is 24.8 Å². The van der Waals surface area contributed by atoms with E-state index in [-0.39, 0.29) is 36.7 Å². The van der Waals surface area contributed by atoms with Gasteiger partial charge in [-0.1, -0.05) is 42.5 Å². The molecule has 21 heavy (non-hydrogen) atoms. The van der Waals surface area contributed by atoms with Gasteiger partial charge in [-0.2, -0.15) is 0 Å². The summed E-state index contributed by atoms with van der Waals surface area (Å²) in [5.41, 5.74) is 8.35. The number of nitrogens with two attached hydrogens (primary N) is 1. The number of nitrogens with one attached hydrogen (secondary N) is 1. The first kappa shape index (κ1) is 19.9. The molecule has 0 amide bonds. The Morgan fingerprint density at radius 1 is 0.952 bits per heavy atom. The van der Waals surface area contributed by atoms with Crippen LogP contribution in [0.15, 0.2) is 54.6 Å². The van der Waals surface area contributed by atoms with Crippen molar-refractivity contribution in [1.29, 1.82) is 0 Å². The first-order valence-electron chi connectivity index (χ1n) is 6.51. The van der Waals surface area contributed by atoms with Gasteiger partial charge in [0.05, 0.1) is 0 Å². The highest BCUT2D eigenvalue weighted by molar-refractivity contribution is 5.85. The molecule has 0 aliphatic rings. The van der Waals surface area contributed by atoms with Gasteiger partial charge in [-0.25, -0.2) is 4.39 Å². The first-order valence-corrected chi connectivity index (χ1v) is 6.51. The van der Waals surface area contributed by atoms with Crippen molar-refractivity contribution in [2.24, 2.45) is 5.73 Å². The van der Waals surface area contributed by atoms with Crippen LogP contribution >= 0.6 is 24.8 Å². The Labute approximate surface area is 137 Å². The summed E-state index contributed by atoms with van der Waals surface area (Å²) in [6.45, 7) is 1.58. The molecular formula is C16H21Cl2FN2. The average molecular weight is 331 g/mol. The Kier molecular flexibility index (Phi) is 10.0. The van der Waals surface area contributed by atoms with Crippen molar-refractivity contribution in [3.63, 3.8) is 0 Å². The fourth-order valence-electron chi connectivity index (χ4n) is 1.96. The van der Waals surface area contributed by atoms with Crippen LogP contribution in [-0.4, -0.2) is 13.1 Å². The summed E-state index contributed by atoms with van der Waals surface area (Å²) in [6, 6.07) is 16.7. The molecule has 0 radical (unpaired) electrons. The first-order chi connectivity index (χ1) is 9.25. The molecule has 2 nitrogen and oxygen atoms in total. The minimum atomic E-state index is -0.192. The fraction of sp³-hybridized carbons (Fsp3) is 0.250. The SMILES string of the molecule is Cl.Cl.NC(CNCCc1ccc(F)cc1)c1ccccc1. The molecule has 0 bridgehead atoms. The Bertz CT molecular complexity index is 491. The minimum Gasteiger partial charge on any atom is -0.323 e. The number of rotatable bonds is 6. The largest absolute Gasteiger partial charge is 0.323 e. The van der Waals surface area contributed by atoms with E-state index in [0.29, 0.717) is 0 Å². The summed E-state index contributed by atoms with van der Waals surface area (Å²) in [7, 11) is 0. The van der Waals surface area contributed by atoms with Gasteiger partial charge in [-0.05, 0) is 36.2 Å². The second-order valence-electron chi connectivity index (χ2n) is 4.60. The number of hydrogen-bond acceptors (Lipinski definition) is 2. The zero-order chi connectivity index (χ0) is 13.5. The van der Waals surface area contributed by atoms with E-state index in [1.807, 2.05) is 42.5 Å². The molecule has 3 N–H and O–H groups in total. The summed E-state index contributed by atoms with van der Waals surface area (Å²) >= 11 is 0. The van der Waals surface area contributed by atoms with Gasteiger partial charge in [0.1, 0.15) is 5.82 Å². The lowest BCUT2D eigenvalue weighted by atomic mass is 10.1. The van der Waals surface area contributed by atoms with E-state index in [1.54, 1.807) is 0 Å². The van der Waals surface area contributed by atoms with Crippen LogP contribution in [0.4, 0.5) is 4.39 Å². The molecule has 0 fully saturated rings. The summed E-state index contributed by atoms with van der Waals surface area (Å²) in [6.07, 6.45) is 0.877. The van der Waals surface area contributed by atoms with Gasteiger partial charge in [0.25, 0.3) is 0 Å². The predicted octanol–water partition coefficient (Wildman–Crippen LogP) is 3.50. The second kappa shape index (κ2) is 10.6. The molecule has 116 valence electrons. The van der Waals surface area contributed by atoms with Crippen LogP contribution in [-0.2, 0) is 6.42 Å². The van der Waals surface area contributed by atoms with E-state index in [9.17, 15) is 4.39 Å². The van der Waals surface area contributed by atoms with Crippen LogP contribution in [0.2, 0.25) is 0 Å². The van der Waals surface area contributed by atoms with Crippen molar-refractivity contribution in [2.45, 2.75) is 12.5 Å². The molecule has 0 heterocycles. The van der Waals surface area contributed by atoms with Crippen molar-refractivity contribution in [2.75, 3.05) is 13.1 Å². The van der Waals surface area contributed by atoms with Crippen LogP contribution in [0.5, 0.6) is 0 Å². The third kappa shape index (κ3) is 6.91. The molecule has 0 aliphatic heterocycles. The van der Waals surface area contributed by atoms with E-state index in [0.717, 1.165) is 30.6 Å². The third-order valence-corrected chi connectivity index (χ3v) is 3.10. The highest BCUT2D eigenvalue weighted by Crippen LogP contribution is 2.08. The van der Waals surface area contributed by atoms with Crippen molar-refractivity contribution < 1.29 is 4.39 Å². The zero-order valence-electron chi connectivity index (χ0n) is 11.7. The number of benzene rings is 2. The van der Waals surface area contributed by atoms with Crippen molar-refractivity contribution in [3.8, 4) is 0 Å². The summed E-state index contributed by atoms with van der Waals surface area (Å²) < 4.78 is 12.7. The van der Waals surface area contributed by atoms with Crippen molar-refractivity contribution in [3.05, 3.63) is 71.5 Å². The highest BCUT2D eigenvalue weighted by Gasteiger charge is 2.03. The Morgan fingerprint density at radius 3 is 2.19 bits per heavy atom. The minimum absolute atomic E-state index is 0. The van der Waals surface area contributed by atoms with Gasteiger partial charge in [0, 0.05) is 12.6 Å². The predicted molar refractivity (Wildman–Crippen MR) is 90.8 cm³/mol. The molecule has 2 rings (SSSR count). The van der Waals surface area contributed by atoms with Crippen LogP contribution < -0.4 is 11.1 Å². The molecule has 0 aromatic heterocycles. The van der Waals surface area contributed by atoms with Gasteiger partial charge in [-0.3, -0.25) is 0 Å². The Balaban J connectivity index is 0.00000200. The van der Waals surface area contributed by atoms with E-state index in [2.05, 4.69) is 5.32 Å². The van der Waals surface area contributed by atoms with Crippen LogP contribution in [0, 0.1) is 5.82 Å². The molecular weight excluding hydrogens is 310 g/mol. The highest BCUT2D eigenvalue weighted by atomic mass is 35.5. The number of hydrogen-bond donors (Lipinski definition) is 2. The van der Waals surface area contributed by atoms with Gasteiger partial charge in [0.2, 0.25) is 0 Å². The van der Waals surface area contributed by atoms with Crippen LogP contribution in [0.25, 0.3) is 0 Å². The molecule has 2 aromatic carbocycles. The zero-order valence-corrected chi connectivity index (χ0v) is 13.3. The molecule has 2 aromatic rings. The second-order valence-corrected chi connectivity index (χ2v) is 4.60.